The fourth-order valence-corrected chi connectivity index (χ4v) is 2.89. The van der Waals surface area contributed by atoms with E-state index in [1.165, 1.54) is 5.56 Å². The Balaban J connectivity index is 2.49. The Labute approximate surface area is 121 Å². The zero-order valence-corrected chi connectivity index (χ0v) is 13.1. The fraction of sp³-hybridized carbons (Fsp3) is 0.733. The highest BCUT2D eigenvalue weighted by Gasteiger charge is 2.38. The molecule has 0 saturated carbocycles. The third-order valence-electron chi connectivity index (χ3n) is 4.05. The first-order valence-corrected chi connectivity index (χ1v) is 7.23. The number of ether oxygens (including phenoxy) is 2. The molecule has 0 bridgehead atoms. The summed E-state index contributed by atoms with van der Waals surface area (Å²) in [5.74, 6) is 2.07. The van der Waals surface area contributed by atoms with Crippen LogP contribution in [0.1, 0.15) is 49.7 Å². The van der Waals surface area contributed by atoms with Crippen LogP contribution in [0.3, 0.4) is 0 Å². The molecule has 0 amide bonds. The largest absolute Gasteiger partial charge is 0.381 e. The quantitative estimate of drug-likeness (QED) is 0.918. The average Bonchev–Trinajstić information content (AvgIpc) is 2.46. The predicted octanol–water partition coefficient (Wildman–Crippen LogP) is 2.60. The van der Waals surface area contributed by atoms with Crippen LogP contribution in [-0.4, -0.2) is 37.3 Å². The standard InChI is InChI=1S/C15H25N3O2/c1-10(2)12-11(3)17-14(18-13(12)16-4)15(19-5)6-8-20-9-7-15/h10H,6-9H2,1-5H3,(H,16,17,18). The summed E-state index contributed by atoms with van der Waals surface area (Å²) in [6.45, 7) is 7.75. The highest BCUT2D eigenvalue weighted by molar-refractivity contribution is 5.48. The molecule has 5 heteroatoms. The van der Waals surface area contributed by atoms with Crippen molar-refractivity contribution < 1.29 is 9.47 Å². The van der Waals surface area contributed by atoms with Crippen LogP contribution in [0.4, 0.5) is 5.82 Å². The normalized spacial score (nSPS) is 18.3. The van der Waals surface area contributed by atoms with Crippen LogP contribution in [0, 0.1) is 6.92 Å². The molecule has 1 aromatic rings. The van der Waals surface area contributed by atoms with Crippen LogP contribution in [0.15, 0.2) is 0 Å². The summed E-state index contributed by atoms with van der Waals surface area (Å²) in [6, 6.07) is 0. The van der Waals surface area contributed by atoms with E-state index in [0.717, 1.165) is 30.2 Å². The van der Waals surface area contributed by atoms with Gasteiger partial charge in [0.2, 0.25) is 0 Å². The lowest BCUT2D eigenvalue weighted by Gasteiger charge is -2.35. The van der Waals surface area contributed by atoms with Gasteiger partial charge in [0, 0.05) is 51.5 Å². The summed E-state index contributed by atoms with van der Waals surface area (Å²) < 4.78 is 11.2. The van der Waals surface area contributed by atoms with E-state index in [4.69, 9.17) is 19.4 Å². The molecular weight excluding hydrogens is 254 g/mol. The minimum absolute atomic E-state index is 0.389. The van der Waals surface area contributed by atoms with Gasteiger partial charge in [-0.25, -0.2) is 9.97 Å². The van der Waals surface area contributed by atoms with Crippen LogP contribution in [-0.2, 0) is 15.1 Å². The van der Waals surface area contributed by atoms with Gasteiger partial charge in [-0.1, -0.05) is 13.8 Å². The van der Waals surface area contributed by atoms with Gasteiger partial charge in [-0.15, -0.1) is 0 Å². The summed E-state index contributed by atoms with van der Waals surface area (Å²) in [5, 5.41) is 3.20. The topological polar surface area (TPSA) is 56.3 Å². The van der Waals surface area contributed by atoms with E-state index < -0.39 is 5.60 Å². The maximum Gasteiger partial charge on any atom is 0.163 e. The molecule has 0 spiro atoms. The molecule has 0 atom stereocenters. The summed E-state index contributed by atoms with van der Waals surface area (Å²) in [6.07, 6.45) is 1.60. The lowest BCUT2D eigenvalue weighted by atomic mass is 9.92. The van der Waals surface area contributed by atoms with Gasteiger partial charge in [-0.05, 0) is 12.8 Å². The number of methoxy groups -OCH3 is 1. The number of nitrogens with zero attached hydrogens (tertiary/aromatic N) is 2. The molecule has 1 N–H and O–H groups in total. The first kappa shape index (κ1) is 15.2. The zero-order chi connectivity index (χ0) is 14.8. The summed E-state index contributed by atoms with van der Waals surface area (Å²) in [5.41, 5.74) is 1.79. The molecule has 1 aromatic heterocycles. The number of hydrogen-bond acceptors (Lipinski definition) is 5. The summed E-state index contributed by atoms with van der Waals surface area (Å²) >= 11 is 0. The highest BCUT2D eigenvalue weighted by Crippen LogP contribution is 2.35. The number of nitrogens with one attached hydrogen (secondary N) is 1. The molecule has 1 aliphatic rings. The van der Waals surface area contributed by atoms with E-state index in [0.29, 0.717) is 19.1 Å². The van der Waals surface area contributed by atoms with E-state index >= 15 is 0 Å². The second-order valence-electron chi connectivity index (χ2n) is 5.61. The third-order valence-corrected chi connectivity index (χ3v) is 4.05. The van der Waals surface area contributed by atoms with Gasteiger partial charge in [0.1, 0.15) is 11.4 Å². The lowest BCUT2D eigenvalue weighted by molar-refractivity contribution is -0.1000. The van der Waals surface area contributed by atoms with Crippen LogP contribution in [0.2, 0.25) is 0 Å². The molecule has 1 fully saturated rings. The molecule has 2 heterocycles. The van der Waals surface area contributed by atoms with Gasteiger partial charge < -0.3 is 14.8 Å². The third kappa shape index (κ3) is 2.65. The van der Waals surface area contributed by atoms with E-state index in [1.54, 1.807) is 7.11 Å². The number of rotatable bonds is 4. The van der Waals surface area contributed by atoms with Gasteiger partial charge in [-0.3, -0.25) is 0 Å². The SMILES string of the molecule is CNc1nc(C2(OC)CCOCC2)nc(C)c1C(C)C. The number of anilines is 1. The van der Waals surface area contributed by atoms with E-state index in [2.05, 4.69) is 19.2 Å². The zero-order valence-electron chi connectivity index (χ0n) is 13.1. The predicted molar refractivity (Wildman–Crippen MR) is 79.1 cm³/mol. The Bertz CT molecular complexity index is 468. The highest BCUT2D eigenvalue weighted by atomic mass is 16.5. The van der Waals surface area contributed by atoms with Crippen molar-refractivity contribution in [1.82, 2.24) is 9.97 Å². The van der Waals surface area contributed by atoms with Gasteiger partial charge in [-0.2, -0.15) is 0 Å². The first-order chi connectivity index (χ1) is 9.54. The maximum atomic E-state index is 5.79. The lowest BCUT2D eigenvalue weighted by Crippen LogP contribution is -2.37. The number of aromatic nitrogens is 2. The first-order valence-electron chi connectivity index (χ1n) is 7.23. The van der Waals surface area contributed by atoms with Gasteiger partial charge in [0.25, 0.3) is 0 Å². The molecule has 0 aliphatic carbocycles. The average molecular weight is 279 g/mol. The molecule has 0 radical (unpaired) electrons. The minimum atomic E-state index is -0.413. The van der Waals surface area contributed by atoms with Crippen molar-refractivity contribution in [2.75, 3.05) is 32.7 Å². The van der Waals surface area contributed by atoms with E-state index in [9.17, 15) is 0 Å². The van der Waals surface area contributed by atoms with Crippen molar-refractivity contribution in [2.24, 2.45) is 0 Å². The Hall–Kier alpha value is -1.20. The van der Waals surface area contributed by atoms with Gasteiger partial charge >= 0.3 is 0 Å². The van der Waals surface area contributed by atoms with E-state index in [-0.39, 0.29) is 0 Å². The van der Waals surface area contributed by atoms with Crippen molar-refractivity contribution in [2.45, 2.75) is 45.1 Å². The van der Waals surface area contributed by atoms with Gasteiger partial charge in [0.15, 0.2) is 5.82 Å². The second-order valence-corrected chi connectivity index (χ2v) is 5.61. The van der Waals surface area contributed by atoms with Crippen LogP contribution in [0.5, 0.6) is 0 Å². The minimum Gasteiger partial charge on any atom is -0.381 e. The van der Waals surface area contributed by atoms with Crippen LogP contribution < -0.4 is 5.32 Å². The molecule has 1 aliphatic heterocycles. The molecule has 2 rings (SSSR count). The fourth-order valence-electron chi connectivity index (χ4n) is 2.89. The molecule has 5 nitrogen and oxygen atoms in total. The molecule has 20 heavy (non-hydrogen) atoms. The molecule has 1 saturated heterocycles. The van der Waals surface area contributed by atoms with Crippen molar-refractivity contribution in [3.8, 4) is 0 Å². The molecule has 0 unspecified atom stereocenters. The van der Waals surface area contributed by atoms with E-state index in [1.807, 2.05) is 14.0 Å². The Morgan fingerprint density at radius 2 is 1.90 bits per heavy atom. The van der Waals surface area contributed by atoms with Gasteiger partial charge in [0.05, 0.1) is 0 Å². The second kappa shape index (κ2) is 6.06. The monoisotopic (exact) mass is 279 g/mol. The Morgan fingerprint density at radius 3 is 2.40 bits per heavy atom. The Kier molecular flexibility index (Phi) is 4.60. The molecule has 112 valence electrons. The summed E-state index contributed by atoms with van der Waals surface area (Å²) in [4.78, 5) is 9.48. The van der Waals surface area contributed by atoms with Crippen LogP contribution in [0.25, 0.3) is 0 Å². The number of hydrogen-bond donors (Lipinski definition) is 1. The van der Waals surface area contributed by atoms with Crippen LogP contribution >= 0.6 is 0 Å². The van der Waals surface area contributed by atoms with Crippen molar-refractivity contribution in [3.05, 3.63) is 17.1 Å². The maximum absolute atomic E-state index is 5.79. The Morgan fingerprint density at radius 1 is 1.25 bits per heavy atom. The molecular formula is C15H25N3O2. The molecule has 0 aromatic carbocycles. The van der Waals surface area contributed by atoms with Crippen molar-refractivity contribution in [1.29, 1.82) is 0 Å². The van der Waals surface area contributed by atoms with Crippen molar-refractivity contribution in [3.63, 3.8) is 0 Å². The van der Waals surface area contributed by atoms with Crippen molar-refractivity contribution >= 4 is 5.82 Å². The number of aryl methyl sites for hydroxylation is 1. The summed E-state index contributed by atoms with van der Waals surface area (Å²) in [7, 11) is 3.64. The smallest absolute Gasteiger partial charge is 0.163 e.